The van der Waals surface area contributed by atoms with E-state index in [-0.39, 0.29) is 6.10 Å². The van der Waals surface area contributed by atoms with Crippen molar-refractivity contribution in [2.75, 3.05) is 37.2 Å². The Kier molecular flexibility index (Phi) is 9.46. The molecule has 2 fully saturated rings. The second-order valence-electron chi connectivity index (χ2n) is 12.6. The lowest BCUT2D eigenvalue weighted by Gasteiger charge is -2.22. The molecule has 1 saturated carbocycles. The van der Waals surface area contributed by atoms with Gasteiger partial charge in [0.15, 0.2) is 5.01 Å². The third-order valence-electron chi connectivity index (χ3n) is 7.86. The summed E-state index contributed by atoms with van der Waals surface area (Å²) in [4.78, 5) is 14.2. The molecule has 43 heavy (non-hydrogen) atoms. The summed E-state index contributed by atoms with van der Waals surface area (Å²) in [5, 5.41) is 17.9. The third-order valence-corrected chi connectivity index (χ3v) is 10.7. The van der Waals surface area contributed by atoms with E-state index in [1.54, 1.807) is 17.5 Å². The van der Waals surface area contributed by atoms with Crippen LogP contribution < -0.4 is 15.4 Å². The smallest absolute Gasteiger partial charge is 0.213 e. The van der Waals surface area contributed by atoms with Gasteiger partial charge in [-0.05, 0) is 37.1 Å². The number of nitrogens with zero attached hydrogens (tertiary/aromatic N) is 5. The van der Waals surface area contributed by atoms with Crippen molar-refractivity contribution in [2.24, 2.45) is 0 Å². The van der Waals surface area contributed by atoms with Crippen molar-refractivity contribution >= 4 is 47.6 Å². The molecule has 0 radical (unpaired) electrons. The number of hydrogen-bond donors (Lipinski definition) is 2. The van der Waals surface area contributed by atoms with Crippen LogP contribution in [-0.2, 0) is 9.47 Å². The number of ether oxygens (including phenoxy) is 3. The monoisotopic (exact) mass is 619 g/mol. The lowest BCUT2D eigenvalue weighted by atomic mass is 10.1. The van der Waals surface area contributed by atoms with E-state index in [9.17, 15) is 0 Å². The summed E-state index contributed by atoms with van der Waals surface area (Å²) in [6, 6.07) is 9.02. The van der Waals surface area contributed by atoms with Gasteiger partial charge in [-0.2, -0.15) is 0 Å². The van der Waals surface area contributed by atoms with E-state index in [2.05, 4.69) is 51.5 Å². The Morgan fingerprint density at radius 3 is 2.53 bits per heavy atom. The first kappa shape index (κ1) is 29.9. The van der Waals surface area contributed by atoms with Crippen LogP contribution in [-0.4, -0.2) is 65.9 Å². The number of aromatic nitrogens is 5. The highest BCUT2D eigenvalue weighted by Crippen LogP contribution is 2.39. The summed E-state index contributed by atoms with van der Waals surface area (Å²) >= 11 is 1.67. The average molecular weight is 620 g/mol. The van der Waals surface area contributed by atoms with E-state index in [0.717, 1.165) is 82.5 Å². The van der Waals surface area contributed by atoms with Gasteiger partial charge in [-0.15, -0.1) is 10.2 Å². The van der Waals surface area contributed by atoms with Crippen LogP contribution in [0, 0.1) is 0 Å². The Morgan fingerprint density at radius 1 is 0.953 bits per heavy atom. The molecule has 2 aliphatic rings. The molecule has 4 aromatic heterocycles. The third kappa shape index (κ3) is 8.05. The molecule has 0 aromatic carbocycles. The SMILES string of the molecule is C[Si](C)(C)CCOCNc1nc2cc(Nc3ccc(OC4CCOCC4)nc3)cnc2cc1-c1nnc(C2CCCC2)s1. The molecule has 0 atom stereocenters. The molecule has 5 heterocycles. The maximum absolute atomic E-state index is 6.01. The van der Waals surface area contributed by atoms with Crippen LogP contribution in [0.15, 0.2) is 36.7 Å². The van der Waals surface area contributed by atoms with E-state index in [1.165, 1.54) is 25.7 Å². The topological polar surface area (TPSA) is 116 Å². The van der Waals surface area contributed by atoms with Gasteiger partial charge in [-0.25, -0.2) is 9.97 Å². The van der Waals surface area contributed by atoms with Gasteiger partial charge in [0.2, 0.25) is 5.88 Å². The van der Waals surface area contributed by atoms with Crippen LogP contribution in [0.2, 0.25) is 25.7 Å². The summed E-state index contributed by atoms with van der Waals surface area (Å²) in [6.45, 7) is 9.65. The zero-order valence-corrected chi connectivity index (χ0v) is 27.1. The van der Waals surface area contributed by atoms with Gasteiger partial charge in [0.1, 0.15) is 23.7 Å². The number of fused-ring (bicyclic) bond motifs is 1. The summed E-state index contributed by atoms with van der Waals surface area (Å²) in [5.41, 5.74) is 4.14. The van der Waals surface area contributed by atoms with Crippen LogP contribution in [0.1, 0.15) is 49.5 Å². The van der Waals surface area contributed by atoms with E-state index < -0.39 is 8.07 Å². The number of nitrogens with one attached hydrogen (secondary N) is 2. The Morgan fingerprint density at radius 2 is 1.77 bits per heavy atom. The highest BCUT2D eigenvalue weighted by Gasteiger charge is 2.23. The first-order valence-corrected chi connectivity index (χ1v) is 19.9. The maximum atomic E-state index is 6.01. The molecule has 6 rings (SSSR count). The normalized spacial score (nSPS) is 16.5. The van der Waals surface area contributed by atoms with Crippen molar-refractivity contribution in [3.63, 3.8) is 0 Å². The highest BCUT2D eigenvalue weighted by atomic mass is 32.1. The van der Waals surface area contributed by atoms with Crippen LogP contribution in [0.5, 0.6) is 5.88 Å². The molecule has 0 unspecified atom stereocenters. The lowest BCUT2D eigenvalue weighted by Crippen LogP contribution is -2.26. The molecule has 0 bridgehead atoms. The first-order valence-electron chi connectivity index (χ1n) is 15.3. The molecular formula is C31H41N7O3SSi. The van der Waals surface area contributed by atoms with Crippen molar-refractivity contribution in [1.82, 2.24) is 25.1 Å². The van der Waals surface area contributed by atoms with Crippen LogP contribution in [0.25, 0.3) is 21.6 Å². The molecular weight excluding hydrogens is 579 g/mol. The first-order chi connectivity index (χ1) is 20.9. The predicted octanol–water partition coefficient (Wildman–Crippen LogP) is 7.23. The Bertz CT molecular complexity index is 1500. The van der Waals surface area contributed by atoms with E-state index >= 15 is 0 Å². The van der Waals surface area contributed by atoms with Gasteiger partial charge in [-0.3, -0.25) is 4.98 Å². The lowest BCUT2D eigenvalue weighted by molar-refractivity contribution is 0.0237. The Labute approximate surface area is 258 Å². The van der Waals surface area contributed by atoms with Crippen molar-refractivity contribution in [3.8, 4) is 16.5 Å². The maximum Gasteiger partial charge on any atom is 0.213 e. The minimum Gasteiger partial charge on any atom is -0.474 e. The number of hydrogen-bond acceptors (Lipinski definition) is 11. The zero-order chi connectivity index (χ0) is 29.6. The summed E-state index contributed by atoms with van der Waals surface area (Å²) in [6.07, 6.45) is 10.4. The van der Waals surface area contributed by atoms with Crippen molar-refractivity contribution in [1.29, 1.82) is 0 Å². The molecule has 10 nitrogen and oxygen atoms in total. The number of rotatable bonds is 12. The fourth-order valence-corrected chi connectivity index (χ4v) is 7.11. The molecule has 4 aromatic rings. The molecule has 0 amide bonds. The molecule has 12 heteroatoms. The van der Waals surface area contributed by atoms with Gasteiger partial charge in [0.25, 0.3) is 0 Å². The molecule has 1 aliphatic carbocycles. The van der Waals surface area contributed by atoms with Gasteiger partial charge < -0.3 is 24.8 Å². The van der Waals surface area contributed by atoms with Gasteiger partial charge >= 0.3 is 0 Å². The molecule has 228 valence electrons. The van der Waals surface area contributed by atoms with E-state index in [1.807, 2.05) is 24.4 Å². The Balaban J connectivity index is 1.20. The Hall–Kier alpha value is -3.19. The summed E-state index contributed by atoms with van der Waals surface area (Å²) in [7, 11) is -1.17. The molecule has 1 aliphatic heterocycles. The second-order valence-corrected chi connectivity index (χ2v) is 19.2. The van der Waals surface area contributed by atoms with E-state index in [0.29, 0.717) is 18.5 Å². The van der Waals surface area contributed by atoms with Crippen molar-refractivity contribution in [3.05, 3.63) is 41.7 Å². The largest absolute Gasteiger partial charge is 0.474 e. The quantitative estimate of drug-likeness (QED) is 0.0956. The summed E-state index contributed by atoms with van der Waals surface area (Å²) in [5.74, 6) is 1.87. The van der Waals surface area contributed by atoms with Gasteiger partial charge in [0, 0.05) is 39.5 Å². The van der Waals surface area contributed by atoms with Gasteiger partial charge in [0.05, 0.1) is 53.6 Å². The molecule has 1 saturated heterocycles. The molecule has 0 spiro atoms. The average Bonchev–Trinajstić information content (AvgIpc) is 3.71. The standard InChI is InChI=1S/C31H41N7O3SSi/c1-43(2,3)15-14-40-20-34-29-25(31-38-37-30(42-31)21-6-4-5-7-21)17-26-27(36-29)16-23(19-32-26)35-22-8-9-28(33-18-22)41-24-10-12-39-13-11-24/h8-9,16-19,21,24,35H,4-7,10-15,20H2,1-3H3,(H,34,36). The molecule has 2 N–H and O–H groups in total. The van der Waals surface area contributed by atoms with Crippen molar-refractivity contribution < 1.29 is 14.2 Å². The predicted molar refractivity (Wildman–Crippen MR) is 174 cm³/mol. The van der Waals surface area contributed by atoms with E-state index in [4.69, 9.17) is 24.2 Å². The van der Waals surface area contributed by atoms with Crippen LogP contribution in [0.3, 0.4) is 0 Å². The second kappa shape index (κ2) is 13.6. The van der Waals surface area contributed by atoms with Crippen LogP contribution in [0.4, 0.5) is 17.2 Å². The number of pyridine rings is 3. The zero-order valence-electron chi connectivity index (χ0n) is 25.3. The summed E-state index contributed by atoms with van der Waals surface area (Å²) < 4.78 is 17.4. The van der Waals surface area contributed by atoms with Crippen molar-refractivity contribution in [2.45, 2.75) is 76.2 Å². The highest BCUT2D eigenvalue weighted by molar-refractivity contribution is 7.14. The number of anilines is 3. The fraction of sp³-hybridized carbons (Fsp3) is 0.516. The fourth-order valence-electron chi connectivity index (χ4n) is 5.32. The van der Waals surface area contributed by atoms with Crippen LogP contribution >= 0.6 is 11.3 Å². The minimum atomic E-state index is -1.17. The minimum absolute atomic E-state index is 0.156. The van der Waals surface area contributed by atoms with Gasteiger partial charge in [-0.1, -0.05) is 43.8 Å².